The number of nitrogens with zero attached hydrogens (tertiary/aromatic N) is 2. The number of aromatic nitrogens is 2. The number of halogens is 1. The van der Waals surface area contributed by atoms with Gasteiger partial charge in [0, 0.05) is 17.3 Å². The number of nitrogen functional groups attached to an aromatic ring is 1. The number of rotatable bonds is 4. The molecule has 0 saturated heterocycles. The van der Waals surface area contributed by atoms with Gasteiger partial charge in [0.2, 0.25) is 0 Å². The first-order valence-corrected chi connectivity index (χ1v) is 7.78. The fraction of sp³-hybridized carbons (Fsp3) is 0.250. The van der Waals surface area contributed by atoms with Crippen molar-refractivity contribution in [1.82, 2.24) is 9.78 Å². The largest absolute Gasteiger partial charge is 0.398 e. The second-order valence-electron chi connectivity index (χ2n) is 4.59. The van der Waals surface area contributed by atoms with Gasteiger partial charge < -0.3 is 5.73 Å². The van der Waals surface area contributed by atoms with Gasteiger partial charge in [-0.05, 0) is 32.0 Å². The van der Waals surface area contributed by atoms with Gasteiger partial charge in [-0.2, -0.15) is 5.10 Å². The molecule has 0 aliphatic carbocycles. The summed E-state index contributed by atoms with van der Waals surface area (Å²) in [5, 5.41) is 4.37. The normalized spacial score (nSPS) is 11.8. The Labute approximate surface area is 122 Å². The quantitative estimate of drug-likeness (QED) is 0.848. The van der Waals surface area contributed by atoms with E-state index in [0.29, 0.717) is 10.7 Å². The third-order valence-electron chi connectivity index (χ3n) is 2.65. The van der Waals surface area contributed by atoms with Crippen molar-refractivity contribution in [1.29, 1.82) is 0 Å². The van der Waals surface area contributed by atoms with Crippen LogP contribution in [0.5, 0.6) is 0 Å². The highest BCUT2D eigenvalue weighted by atomic mass is 35.5. The zero-order chi connectivity index (χ0) is 14.9. The predicted octanol–water partition coefficient (Wildman–Crippen LogP) is 2.50. The van der Waals surface area contributed by atoms with Crippen LogP contribution in [0.4, 0.5) is 11.4 Å². The fourth-order valence-corrected chi connectivity index (χ4v) is 3.05. The van der Waals surface area contributed by atoms with Crippen molar-refractivity contribution in [2.24, 2.45) is 0 Å². The Bertz CT molecular complexity index is 725. The zero-order valence-corrected chi connectivity index (χ0v) is 12.6. The average Bonchev–Trinajstić information content (AvgIpc) is 2.80. The van der Waals surface area contributed by atoms with Gasteiger partial charge in [0.1, 0.15) is 4.90 Å². The SMILES string of the molecule is CC(C)n1cc(NS(=O)(=O)c2cc(Cl)ccc2N)cn1. The van der Waals surface area contributed by atoms with E-state index in [0.717, 1.165) is 0 Å². The molecule has 8 heteroatoms. The topological polar surface area (TPSA) is 90.0 Å². The van der Waals surface area contributed by atoms with E-state index in [2.05, 4.69) is 9.82 Å². The van der Waals surface area contributed by atoms with Gasteiger partial charge in [-0.15, -0.1) is 0 Å². The molecule has 0 unspecified atom stereocenters. The summed E-state index contributed by atoms with van der Waals surface area (Å²) in [5.41, 5.74) is 6.19. The molecular weight excluding hydrogens is 300 g/mol. The van der Waals surface area contributed by atoms with Crippen LogP contribution in [0, 0.1) is 0 Å². The minimum absolute atomic E-state index is 0.0534. The lowest BCUT2D eigenvalue weighted by atomic mass is 10.3. The van der Waals surface area contributed by atoms with E-state index in [-0.39, 0.29) is 16.6 Å². The maximum Gasteiger partial charge on any atom is 0.264 e. The van der Waals surface area contributed by atoms with E-state index in [1.807, 2.05) is 13.8 Å². The highest BCUT2D eigenvalue weighted by molar-refractivity contribution is 7.92. The van der Waals surface area contributed by atoms with E-state index in [9.17, 15) is 8.42 Å². The Hall–Kier alpha value is -1.73. The molecule has 0 atom stereocenters. The predicted molar refractivity (Wildman–Crippen MR) is 79.3 cm³/mol. The first-order valence-electron chi connectivity index (χ1n) is 5.91. The number of hydrogen-bond donors (Lipinski definition) is 2. The summed E-state index contributed by atoms with van der Waals surface area (Å²) in [5.74, 6) is 0. The molecule has 20 heavy (non-hydrogen) atoms. The number of anilines is 2. The first-order chi connectivity index (χ1) is 9.29. The molecule has 0 saturated carbocycles. The molecule has 0 spiro atoms. The van der Waals surface area contributed by atoms with Crippen LogP contribution in [-0.4, -0.2) is 18.2 Å². The van der Waals surface area contributed by atoms with Crippen LogP contribution in [0.2, 0.25) is 5.02 Å². The molecule has 6 nitrogen and oxygen atoms in total. The summed E-state index contributed by atoms with van der Waals surface area (Å²) in [6, 6.07) is 4.44. The number of benzene rings is 1. The van der Waals surface area contributed by atoms with Crippen LogP contribution in [0.3, 0.4) is 0 Å². The summed E-state index contributed by atoms with van der Waals surface area (Å²) < 4.78 is 28.6. The van der Waals surface area contributed by atoms with Crippen molar-refractivity contribution in [2.45, 2.75) is 24.8 Å². The molecular formula is C12H15ClN4O2S. The van der Waals surface area contributed by atoms with Gasteiger partial charge in [-0.3, -0.25) is 9.40 Å². The number of nitrogens with one attached hydrogen (secondary N) is 1. The standard InChI is InChI=1S/C12H15ClN4O2S/c1-8(2)17-7-10(6-15-17)16-20(18,19)12-5-9(13)3-4-11(12)14/h3-8,16H,14H2,1-2H3. The summed E-state index contributed by atoms with van der Waals surface area (Å²) >= 11 is 5.81. The van der Waals surface area contributed by atoms with E-state index < -0.39 is 10.0 Å². The van der Waals surface area contributed by atoms with Crippen LogP contribution >= 0.6 is 11.6 Å². The van der Waals surface area contributed by atoms with Crippen LogP contribution in [0.15, 0.2) is 35.5 Å². The third kappa shape index (κ3) is 3.05. The van der Waals surface area contributed by atoms with Crippen LogP contribution in [0.25, 0.3) is 0 Å². The molecule has 0 bridgehead atoms. The van der Waals surface area contributed by atoms with Crippen molar-refractivity contribution >= 4 is 33.0 Å². The lowest BCUT2D eigenvalue weighted by Crippen LogP contribution is -2.14. The number of hydrogen-bond acceptors (Lipinski definition) is 4. The Morgan fingerprint density at radius 3 is 2.70 bits per heavy atom. The number of sulfonamides is 1. The Balaban J connectivity index is 2.33. The highest BCUT2D eigenvalue weighted by Crippen LogP contribution is 2.25. The molecule has 3 N–H and O–H groups in total. The zero-order valence-electron chi connectivity index (χ0n) is 11.0. The van der Waals surface area contributed by atoms with Crippen LogP contribution in [-0.2, 0) is 10.0 Å². The second kappa shape index (κ2) is 5.34. The maximum atomic E-state index is 12.3. The summed E-state index contributed by atoms with van der Waals surface area (Å²) in [4.78, 5) is -0.0534. The monoisotopic (exact) mass is 314 g/mol. The van der Waals surface area contributed by atoms with Gasteiger partial charge in [0.15, 0.2) is 0 Å². The highest BCUT2D eigenvalue weighted by Gasteiger charge is 2.19. The average molecular weight is 315 g/mol. The smallest absolute Gasteiger partial charge is 0.264 e. The van der Waals surface area contributed by atoms with E-state index in [1.54, 1.807) is 10.9 Å². The van der Waals surface area contributed by atoms with Gasteiger partial charge in [0.25, 0.3) is 10.0 Å². The molecule has 0 radical (unpaired) electrons. The van der Waals surface area contributed by atoms with Crippen molar-refractivity contribution in [2.75, 3.05) is 10.5 Å². The molecule has 1 heterocycles. The third-order valence-corrected chi connectivity index (χ3v) is 4.32. The van der Waals surface area contributed by atoms with Crippen LogP contribution in [0.1, 0.15) is 19.9 Å². The lowest BCUT2D eigenvalue weighted by molar-refractivity contribution is 0.532. The molecule has 0 aliphatic heterocycles. The van der Waals surface area contributed by atoms with Crippen molar-refractivity contribution in [3.8, 4) is 0 Å². The second-order valence-corrected chi connectivity index (χ2v) is 6.68. The Morgan fingerprint density at radius 2 is 2.10 bits per heavy atom. The van der Waals surface area contributed by atoms with Gasteiger partial charge in [-0.1, -0.05) is 11.6 Å². The molecule has 0 aliphatic rings. The van der Waals surface area contributed by atoms with Gasteiger partial charge >= 0.3 is 0 Å². The van der Waals surface area contributed by atoms with Crippen molar-refractivity contribution < 1.29 is 8.42 Å². The molecule has 1 aromatic heterocycles. The van der Waals surface area contributed by atoms with Crippen molar-refractivity contribution in [3.05, 3.63) is 35.6 Å². The van der Waals surface area contributed by atoms with Crippen molar-refractivity contribution in [3.63, 3.8) is 0 Å². The van der Waals surface area contributed by atoms with Crippen LogP contribution < -0.4 is 10.5 Å². The maximum absolute atomic E-state index is 12.3. The fourth-order valence-electron chi connectivity index (χ4n) is 1.62. The first kappa shape index (κ1) is 14.7. The summed E-state index contributed by atoms with van der Waals surface area (Å²) in [6.45, 7) is 3.89. The molecule has 0 amide bonds. The Kier molecular flexibility index (Phi) is 3.92. The summed E-state index contributed by atoms with van der Waals surface area (Å²) in [6.07, 6.45) is 3.06. The minimum atomic E-state index is -3.79. The minimum Gasteiger partial charge on any atom is -0.398 e. The molecule has 108 valence electrons. The number of nitrogens with two attached hydrogens (primary N) is 1. The molecule has 0 fully saturated rings. The van der Waals surface area contributed by atoms with E-state index >= 15 is 0 Å². The van der Waals surface area contributed by atoms with E-state index in [4.69, 9.17) is 17.3 Å². The summed E-state index contributed by atoms with van der Waals surface area (Å²) in [7, 11) is -3.79. The molecule has 1 aromatic carbocycles. The van der Waals surface area contributed by atoms with Gasteiger partial charge in [0.05, 0.1) is 17.6 Å². The lowest BCUT2D eigenvalue weighted by Gasteiger charge is -2.09. The molecule has 2 rings (SSSR count). The molecule has 2 aromatic rings. The Morgan fingerprint density at radius 1 is 1.40 bits per heavy atom. The van der Waals surface area contributed by atoms with E-state index in [1.165, 1.54) is 24.4 Å². The van der Waals surface area contributed by atoms with Gasteiger partial charge in [-0.25, -0.2) is 8.42 Å².